The van der Waals surface area contributed by atoms with Crippen molar-refractivity contribution >= 4 is 35.7 Å². The topological polar surface area (TPSA) is 57.5 Å². The van der Waals surface area contributed by atoms with Gasteiger partial charge in [-0.1, -0.05) is 0 Å². The fourth-order valence-electron chi connectivity index (χ4n) is 0. The van der Waals surface area contributed by atoms with Crippen LogP contribution in [0.25, 0.3) is 0 Å². The second-order valence-corrected chi connectivity index (χ2v) is 0.283. The standard InChI is InChI=1S/CH2O3.Na.Sc.H/c2-1(3)4;;;/h(H2,2,3,4);;;. The van der Waals surface area contributed by atoms with Gasteiger partial charge in [-0.2, -0.15) is 0 Å². The molecule has 0 saturated heterocycles. The van der Waals surface area contributed by atoms with E-state index in [9.17, 15) is 0 Å². The largest absolute Gasteiger partial charge is 0 e. The van der Waals surface area contributed by atoms with Gasteiger partial charge in [0.05, 0.1) is 0 Å². The molecule has 0 spiro atoms. The first-order chi connectivity index (χ1) is 1.73. The molecular formula is CH3NaO3Sc. The van der Waals surface area contributed by atoms with Crippen LogP contribution >= 0.6 is 0 Å². The van der Waals surface area contributed by atoms with Crippen molar-refractivity contribution in [1.82, 2.24) is 0 Å². The van der Waals surface area contributed by atoms with Crippen molar-refractivity contribution in [2.75, 3.05) is 0 Å². The van der Waals surface area contributed by atoms with Gasteiger partial charge in [-0.15, -0.1) is 0 Å². The van der Waals surface area contributed by atoms with Crippen molar-refractivity contribution in [3.63, 3.8) is 0 Å². The molecule has 0 saturated carbocycles. The summed E-state index contributed by atoms with van der Waals surface area (Å²) in [6.07, 6.45) is -1.83. The minimum absolute atomic E-state index is 0. The normalized spacial score (nSPS) is 4.00. The van der Waals surface area contributed by atoms with Gasteiger partial charge in [0.2, 0.25) is 0 Å². The van der Waals surface area contributed by atoms with E-state index in [1.54, 1.807) is 0 Å². The maximum Gasteiger partial charge on any atom is 0 e. The summed E-state index contributed by atoms with van der Waals surface area (Å²) in [5, 5.41) is 13.9. The SMILES string of the molecule is O=C(O)O.[NaH].[Sc]. The van der Waals surface area contributed by atoms with E-state index in [0.717, 1.165) is 0 Å². The Kier molecular flexibility index (Phi) is 24.8. The third-order valence-corrected chi connectivity index (χ3v) is 0. The van der Waals surface area contributed by atoms with Gasteiger partial charge in [-0.05, 0) is 0 Å². The summed E-state index contributed by atoms with van der Waals surface area (Å²) in [5.41, 5.74) is 0. The molecule has 3 nitrogen and oxygen atoms in total. The molecular weight excluding hydrogens is 128 g/mol. The summed E-state index contributed by atoms with van der Waals surface area (Å²) in [5.74, 6) is 0. The Hall–Kier alpha value is 1.14. The van der Waals surface area contributed by atoms with Crippen molar-refractivity contribution in [3.05, 3.63) is 0 Å². The van der Waals surface area contributed by atoms with Crippen molar-refractivity contribution in [2.24, 2.45) is 0 Å². The van der Waals surface area contributed by atoms with Crippen LogP contribution in [0.5, 0.6) is 0 Å². The molecule has 0 unspecified atom stereocenters. The Morgan fingerprint density at radius 3 is 1.33 bits per heavy atom. The van der Waals surface area contributed by atoms with Crippen molar-refractivity contribution in [1.29, 1.82) is 0 Å². The Balaban J connectivity index is -0.0000000450. The summed E-state index contributed by atoms with van der Waals surface area (Å²) >= 11 is 0. The molecule has 0 heterocycles. The maximum absolute atomic E-state index is 8.56. The smallest absolute Gasteiger partial charge is 0 e. The molecule has 0 fully saturated rings. The molecule has 0 bridgehead atoms. The molecule has 0 aromatic rings. The average molecular weight is 131 g/mol. The third kappa shape index (κ3) is 67.8. The number of hydrogen-bond donors (Lipinski definition) is 2. The fourth-order valence-corrected chi connectivity index (χ4v) is 0. The van der Waals surface area contributed by atoms with Gasteiger partial charge in [0.1, 0.15) is 0 Å². The number of carboxylic acid groups (broad SMARTS) is 2. The van der Waals surface area contributed by atoms with E-state index in [-0.39, 0.29) is 55.4 Å². The average Bonchev–Trinajstić information content (AvgIpc) is 0.811. The van der Waals surface area contributed by atoms with Gasteiger partial charge in [-0.25, -0.2) is 4.79 Å². The first-order valence-corrected chi connectivity index (χ1v) is 0.651. The van der Waals surface area contributed by atoms with E-state index < -0.39 is 6.16 Å². The molecule has 5 heteroatoms. The quantitative estimate of drug-likeness (QED) is 0.438. The van der Waals surface area contributed by atoms with E-state index in [2.05, 4.69) is 0 Å². The summed E-state index contributed by atoms with van der Waals surface area (Å²) < 4.78 is 0. The minimum atomic E-state index is -1.83. The zero-order valence-electron chi connectivity index (χ0n) is 2.38. The van der Waals surface area contributed by atoms with Crippen LogP contribution in [0.4, 0.5) is 4.79 Å². The maximum atomic E-state index is 8.56. The molecule has 0 atom stereocenters. The van der Waals surface area contributed by atoms with Crippen molar-refractivity contribution < 1.29 is 40.9 Å². The number of rotatable bonds is 0. The monoisotopic (exact) mass is 131 g/mol. The summed E-state index contributed by atoms with van der Waals surface area (Å²) in [4.78, 5) is 8.56. The predicted molar refractivity (Wildman–Crippen MR) is 17.8 cm³/mol. The van der Waals surface area contributed by atoms with Gasteiger partial charge >= 0.3 is 35.7 Å². The van der Waals surface area contributed by atoms with Gasteiger partial charge in [0.15, 0.2) is 0 Å². The summed E-state index contributed by atoms with van der Waals surface area (Å²) in [6.45, 7) is 0. The molecule has 0 aromatic heterocycles. The van der Waals surface area contributed by atoms with Gasteiger partial charge < -0.3 is 10.2 Å². The molecule has 0 amide bonds. The predicted octanol–water partition coefficient (Wildman–Crippen LogP) is -0.429. The Labute approximate surface area is 75.8 Å². The van der Waals surface area contributed by atoms with E-state index in [1.165, 1.54) is 0 Å². The van der Waals surface area contributed by atoms with Gasteiger partial charge in [0, 0.05) is 25.8 Å². The van der Waals surface area contributed by atoms with Crippen LogP contribution in [0.1, 0.15) is 0 Å². The first-order valence-electron chi connectivity index (χ1n) is 0.651. The second-order valence-electron chi connectivity index (χ2n) is 0.283. The van der Waals surface area contributed by atoms with E-state index in [0.29, 0.717) is 0 Å². The fraction of sp³-hybridized carbons (Fsp3) is 0. The van der Waals surface area contributed by atoms with Crippen LogP contribution in [0, 0.1) is 0 Å². The Morgan fingerprint density at radius 2 is 1.33 bits per heavy atom. The first kappa shape index (κ1) is 15.7. The molecule has 0 aromatic carbocycles. The number of carbonyl (C=O) groups is 1. The summed E-state index contributed by atoms with van der Waals surface area (Å²) in [7, 11) is 0. The zero-order valence-corrected chi connectivity index (χ0v) is 4.18. The van der Waals surface area contributed by atoms with Gasteiger partial charge in [-0.3, -0.25) is 0 Å². The summed E-state index contributed by atoms with van der Waals surface area (Å²) in [6, 6.07) is 0. The van der Waals surface area contributed by atoms with Crippen LogP contribution in [-0.4, -0.2) is 45.9 Å². The van der Waals surface area contributed by atoms with Crippen molar-refractivity contribution in [2.45, 2.75) is 0 Å². The molecule has 0 rings (SSSR count). The Bertz CT molecular complexity index is 33.8. The zero-order chi connectivity index (χ0) is 3.58. The molecule has 0 aliphatic heterocycles. The van der Waals surface area contributed by atoms with Crippen molar-refractivity contribution in [3.8, 4) is 0 Å². The second kappa shape index (κ2) is 9.46. The van der Waals surface area contributed by atoms with Gasteiger partial charge in [0.25, 0.3) is 0 Å². The van der Waals surface area contributed by atoms with E-state index >= 15 is 0 Å². The molecule has 1 radical (unpaired) electrons. The number of hydrogen-bond acceptors (Lipinski definition) is 1. The third-order valence-electron chi connectivity index (χ3n) is 0. The minimum Gasteiger partial charge on any atom is 0 e. The van der Waals surface area contributed by atoms with Crippen LogP contribution < -0.4 is 0 Å². The molecule has 6 heavy (non-hydrogen) atoms. The molecule has 0 aliphatic rings. The molecule has 29 valence electrons. The molecule has 0 aliphatic carbocycles. The van der Waals surface area contributed by atoms with Crippen LogP contribution in [0.15, 0.2) is 0 Å². The van der Waals surface area contributed by atoms with E-state index in [4.69, 9.17) is 15.0 Å². The Morgan fingerprint density at radius 1 is 1.33 bits per heavy atom. The van der Waals surface area contributed by atoms with Crippen LogP contribution in [0.3, 0.4) is 0 Å². The van der Waals surface area contributed by atoms with E-state index in [1.807, 2.05) is 0 Å². The molecule has 2 N–H and O–H groups in total. The van der Waals surface area contributed by atoms with Crippen LogP contribution in [-0.2, 0) is 25.8 Å². The van der Waals surface area contributed by atoms with Crippen LogP contribution in [0.2, 0.25) is 0 Å².